The van der Waals surface area contributed by atoms with Crippen LogP contribution in [-0.2, 0) is 0 Å². The van der Waals surface area contributed by atoms with Crippen LogP contribution in [0.15, 0.2) is 18.2 Å². The third kappa shape index (κ3) is 1.65. The molecule has 16 heavy (non-hydrogen) atoms. The summed E-state index contributed by atoms with van der Waals surface area (Å²) in [7, 11) is 0. The summed E-state index contributed by atoms with van der Waals surface area (Å²) in [6.45, 7) is 0. The van der Waals surface area contributed by atoms with Gasteiger partial charge in [-0.1, -0.05) is 11.6 Å². The minimum Gasteiger partial charge on any atom is -0.398 e. The van der Waals surface area contributed by atoms with E-state index in [0.717, 1.165) is 11.4 Å². The SMILES string of the molecule is Nc1cc(-c2n[nH]c(C3CC3)n2)ccc1Cl. The molecule has 0 saturated heterocycles. The zero-order valence-electron chi connectivity index (χ0n) is 8.57. The fraction of sp³-hybridized carbons (Fsp3) is 0.273. The van der Waals surface area contributed by atoms with Crippen LogP contribution in [0.5, 0.6) is 0 Å². The van der Waals surface area contributed by atoms with Crippen LogP contribution >= 0.6 is 11.6 Å². The molecule has 1 saturated carbocycles. The van der Waals surface area contributed by atoms with Crippen molar-refractivity contribution in [2.24, 2.45) is 0 Å². The molecule has 1 aromatic carbocycles. The van der Waals surface area contributed by atoms with Crippen LogP contribution in [0, 0.1) is 0 Å². The van der Waals surface area contributed by atoms with Gasteiger partial charge >= 0.3 is 0 Å². The zero-order chi connectivity index (χ0) is 11.1. The fourth-order valence-corrected chi connectivity index (χ4v) is 1.74. The number of nitrogens with one attached hydrogen (secondary N) is 1. The molecule has 5 heteroatoms. The molecular formula is C11H11ClN4. The molecule has 0 bridgehead atoms. The van der Waals surface area contributed by atoms with Crippen LogP contribution in [0.3, 0.4) is 0 Å². The van der Waals surface area contributed by atoms with Gasteiger partial charge in [0.05, 0.1) is 10.7 Å². The second-order valence-electron chi connectivity index (χ2n) is 4.05. The summed E-state index contributed by atoms with van der Waals surface area (Å²) < 4.78 is 0. The molecular weight excluding hydrogens is 224 g/mol. The van der Waals surface area contributed by atoms with E-state index < -0.39 is 0 Å². The number of rotatable bonds is 2. The first-order chi connectivity index (χ1) is 7.74. The monoisotopic (exact) mass is 234 g/mol. The van der Waals surface area contributed by atoms with Crippen LogP contribution in [0.2, 0.25) is 5.02 Å². The second kappa shape index (κ2) is 3.49. The molecule has 3 N–H and O–H groups in total. The largest absolute Gasteiger partial charge is 0.398 e. The standard InChI is InChI=1S/C11H11ClN4/c12-8-4-3-7(5-9(8)13)11-14-10(15-16-11)6-1-2-6/h3-6H,1-2,13H2,(H,14,15,16). The molecule has 1 aromatic heterocycles. The Kier molecular flexibility index (Phi) is 2.11. The Morgan fingerprint density at radius 3 is 2.88 bits per heavy atom. The number of anilines is 1. The molecule has 1 aliphatic carbocycles. The van der Waals surface area contributed by atoms with Crippen molar-refractivity contribution in [3.63, 3.8) is 0 Å². The van der Waals surface area contributed by atoms with Crippen molar-refractivity contribution in [1.82, 2.24) is 15.2 Å². The molecule has 0 spiro atoms. The van der Waals surface area contributed by atoms with Gasteiger partial charge in [0.2, 0.25) is 0 Å². The molecule has 0 unspecified atom stereocenters. The molecule has 3 rings (SSSR count). The summed E-state index contributed by atoms with van der Waals surface area (Å²) >= 11 is 5.86. The maximum atomic E-state index is 5.86. The number of halogens is 1. The smallest absolute Gasteiger partial charge is 0.181 e. The molecule has 82 valence electrons. The normalized spacial score (nSPS) is 15.3. The molecule has 0 aliphatic heterocycles. The lowest BCUT2D eigenvalue weighted by Gasteiger charge is -1.99. The van der Waals surface area contributed by atoms with Crippen LogP contribution in [-0.4, -0.2) is 15.2 Å². The van der Waals surface area contributed by atoms with Gasteiger partial charge in [-0.15, -0.1) is 0 Å². The number of H-pyrrole nitrogens is 1. The highest BCUT2D eigenvalue weighted by Gasteiger charge is 2.27. The maximum absolute atomic E-state index is 5.86. The molecule has 4 nitrogen and oxygen atoms in total. The van der Waals surface area contributed by atoms with Gasteiger partial charge in [-0.2, -0.15) is 5.10 Å². The van der Waals surface area contributed by atoms with Crippen molar-refractivity contribution in [2.75, 3.05) is 5.73 Å². The Morgan fingerprint density at radius 1 is 1.38 bits per heavy atom. The second-order valence-corrected chi connectivity index (χ2v) is 4.46. The number of aromatic amines is 1. The van der Waals surface area contributed by atoms with E-state index in [1.165, 1.54) is 12.8 Å². The van der Waals surface area contributed by atoms with Gasteiger partial charge in [-0.05, 0) is 31.0 Å². The van der Waals surface area contributed by atoms with Crippen molar-refractivity contribution in [2.45, 2.75) is 18.8 Å². The Bertz CT molecular complexity index is 531. The topological polar surface area (TPSA) is 67.6 Å². The number of hydrogen-bond acceptors (Lipinski definition) is 3. The Labute approximate surface area is 97.8 Å². The van der Waals surface area contributed by atoms with Gasteiger partial charge in [0, 0.05) is 11.5 Å². The van der Waals surface area contributed by atoms with E-state index in [1.807, 2.05) is 6.07 Å². The first-order valence-electron chi connectivity index (χ1n) is 5.22. The summed E-state index contributed by atoms with van der Waals surface area (Å²) in [5, 5.41) is 7.71. The van der Waals surface area contributed by atoms with E-state index in [2.05, 4.69) is 15.2 Å². The molecule has 1 heterocycles. The lowest BCUT2D eigenvalue weighted by atomic mass is 10.2. The lowest BCUT2D eigenvalue weighted by molar-refractivity contribution is 0.935. The highest BCUT2D eigenvalue weighted by atomic mass is 35.5. The quantitative estimate of drug-likeness (QED) is 0.785. The number of aromatic nitrogens is 3. The number of nitrogens with zero attached hydrogens (tertiary/aromatic N) is 2. The van der Waals surface area contributed by atoms with Crippen LogP contribution in [0.25, 0.3) is 11.4 Å². The summed E-state index contributed by atoms with van der Waals surface area (Å²) in [5.74, 6) is 2.24. The summed E-state index contributed by atoms with van der Waals surface area (Å²) in [4.78, 5) is 4.45. The van der Waals surface area contributed by atoms with Gasteiger partial charge in [-0.25, -0.2) is 4.98 Å². The predicted octanol–water partition coefficient (Wildman–Crippen LogP) is 2.58. The van der Waals surface area contributed by atoms with Crippen molar-refractivity contribution < 1.29 is 0 Å². The minimum absolute atomic E-state index is 0.553. The number of nitrogen functional groups attached to an aromatic ring is 1. The number of benzene rings is 1. The van der Waals surface area contributed by atoms with Gasteiger partial charge < -0.3 is 5.73 Å². The van der Waals surface area contributed by atoms with E-state index in [0.29, 0.717) is 22.5 Å². The van der Waals surface area contributed by atoms with Crippen LogP contribution in [0.1, 0.15) is 24.6 Å². The Hall–Kier alpha value is -1.55. The fourth-order valence-electron chi connectivity index (χ4n) is 1.63. The van der Waals surface area contributed by atoms with Crippen LogP contribution < -0.4 is 5.73 Å². The Morgan fingerprint density at radius 2 is 2.19 bits per heavy atom. The van der Waals surface area contributed by atoms with Crippen molar-refractivity contribution in [3.05, 3.63) is 29.0 Å². The van der Waals surface area contributed by atoms with E-state index >= 15 is 0 Å². The van der Waals surface area contributed by atoms with Crippen molar-refractivity contribution in [3.8, 4) is 11.4 Å². The maximum Gasteiger partial charge on any atom is 0.181 e. The van der Waals surface area contributed by atoms with Crippen LogP contribution in [0.4, 0.5) is 5.69 Å². The third-order valence-electron chi connectivity index (χ3n) is 2.72. The Balaban J connectivity index is 1.97. The molecule has 1 fully saturated rings. The average molecular weight is 235 g/mol. The summed E-state index contributed by atoms with van der Waals surface area (Å²) in [6, 6.07) is 5.43. The van der Waals surface area contributed by atoms with Gasteiger partial charge in [0.1, 0.15) is 5.82 Å². The molecule has 1 aliphatic rings. The summed E-state index contributed by atoms with van der Waals surface area (Å²) in [6.07, 6.45) is 2.41. The molecule has 0 amide bonds. The zero-order valence-corrected chi connectivity index (χ0v) is 9.33. The minimum atomic E-state index is 0.553. The third-order valence-corrected chi connectivity index (χ3v) is 3.07. The van der Waals surface area contributed by atoms with Crippen molar-refractivity contribution in [1.29, 1.82) is 0 Å². The number of hydrogen-bond donors (Lipinski definition) is 2. The lowest BCUT2D eigenvalue weighted by Crippen LogP contribution is -1.88. The molecule has 0 atom stereocenters. The van der Waals surface area contributed by atoms with E-state index in [-0.39, 0.29) is 0 Å². The van der Waals surface area contributed by atoms with E-state index in [1.54, 1.807) is 12.1 Å². The first kappa shape index (κ1) is 9.66. The molecule has 0 radical (unpaired) electrons. The van der Waals surface area contributed by atoms with Gasteiger partial charge in [0.25, 0.3) is 0 Å². The van der Waals surface area contributed by atoms with Crippen molar-refractivity contribution >= 4 is 17.3 Å². The van der Waals surface area contributed by atoms with Gasteiger partial charge in [-0.3, -0.25) is 5.10 Å². The highest BCUT2D eigenvalue weighted by molar-refractivity contribution is 6.33. The van der Waals surface area contributed by atoms with E-state index in [9.17, 15) is 0 Å². The summed E-state index contributed by atoms with van der Waals surface area (Å²) in [5.41, 5.74) is 7.19. The predicted molar refractivity (Wildman–Crippen MR) is 63.2 cm³/mol. The first-order valence-corrected chi connectivity index (χ1v) is 5.59. The average Bonchev–Trinajstić information content (AvgIpc) is 3.01. The molecule has 2 aromatic rings. The number of nitrogens with two attached hydrogens (primary N) is 1. The van der Waals surface area contributed by atoms with Gasteiger partial charge in [0.15, 0.2) is 5.82 Å². The van der Waals surface area contributed by atoms with E-state index in [4.69, 9.17) is 17.3 Å². The highest BCUT2D eigenvalue weighted by Crippen LogP contribution is 2.38.